The molecule has 24 heavy (non-hydrogen) atoms. The van der Waals surface area contributed by atoms with Crippen LogP contribution in [0.1, 0.15) is 20.7 Å². The van der Waals surface area contributed by atoms with Crippen LogP contribution in [0.5, 0.6) is 11.5 Å². The number of hydrogen-bond donors (Lipinski definition) is 2. The van der Waals surface area contributed by atoms with Crippen molar-refractivity contribution < 1.29 is 67.1 Å². The molecule has 2 aromatic carbocycles. The Morgan fingerprint density at radius 3 is 1.96 bits per heavy atom. The molecule has 0 bridgehead atoms. The first-order valence-corrected chi connectivity index (χ1v) is 7.46. The monoisotopic (exact) mass is 360 g/mol. The smallest absolute Gasteiger partial charge is 0.545 e. The van der Waals surface area contributed by atoms with Crippen LogP contribution in [0.2, 0.25) is 0 Å². The van der Waals surface area contributed by atoms with Crippen molar-refractivity contribution in [2.75, 3.05) is 0 Å². The zero-order chi connectivity index (χ0) is 17.2. The van der Waals surface area contributed by atoms with Gasteiger partial charge in [0.1, 0.15) is 11.5 Å². The zero-order valence-corrected chi connectivity index (χ0v) is 15.1. The van der Waals surface area contributed by atoms with Crippen LogP contribution < -0.4 is 39.4 Å². The third-order valence-electron chi connectivity index (χ3n) is 2.75. The first-order chi connectivity index (χ1) is 10.7. The first kappa shape index (κ1) is 20.1. The molecule has 0 fully saturated rings. The summed E-state index contributed by atoms with van der Waals surface area (Å²) in [5.41, 5.74) is -0.689. The van der Waals surface area contributed by atoms with Gasteiger partial charge in [0, 0.05) is 5.56 Å². The molecule has 120 valence electrons. The third-order valence-corrected chi connectivity index (χ3v) is 3.61. The van der Waals surface area contributed by atoms with E-state index in [1.165, 1.54) is 12.1 Å². The quantitative estimate of drug-likeness (QED) is 0.452. The molecule has 0 aliphatic heterocycles. The molecule has 0 aliphatic carbocycles. The number of rotatable bonds is 5. The van der Waals surface area contributed by atoms with E-state index in [0.717, 1.165) is 30.3 Å². The normalized spacial score (nSPS) is 10.5. The largest absolute Gasteiger partial charge is 1.00 e. The van der Waals surface area contributed by atoms with E-state index in [2.05, 4.69) is 0 Å². The molecule has 8 nitrogen and oxygen atoms in total. The maximum atomic E-state index is 11.0. The molecule has 0 saturated carbocycles. The molecule has 0 atom stereocenters. The first-order valence-electron chi connectivity index (χ1n) is 6.02. The van der Waals surface area contributed by atoms with Crippen molar-refractivity contribution in [3.63, 3.8) is 0 Å². The van der Waals surface area contributed by atoms with Crippen LogP contribution in [0.25, 0.3) is 0 Å². The van der Waals surface area contributed by atoms with Crippen LogP contribution in [0.15, 0.2) is 47.4 Å². The SMILES string of the molecule is O=C([O-])c1cc(Oc2ccc(S(=O)(=O)O)cc2)cc(C(=O)O)c1.[Na+]. The van der Waals surface area contributed by atoms with E-state index in [1.54, 1.807) is 0 Å². The molecule has 0 aliphatic rings. The molecule has 10 heteroatoms. The second-order valence-corrected chi connectivity index (χ2v) is 5.81. The van der Waals surface area contributed by atoms with Gasteiger partial charge in [0.2, 0.25) is 0 Å². The van der Waals surface area contributed by atoms with Crippen LogP contribution in [-0.2, 0) is 10.1 Å². The summed E-state index contributed by atoms with van der Waals surface area (Å²) in [4.78, 5) is 21.5. The van der Waals surface area contributed by atoms with Gasteiger partial charge in [-0.05, 0) is 42.5 Å². The minimum absolute atomic E-state index is 0. The Hall–Kier alpha value is -1.91. The van der Waals surface area contributed by atoms with Gasteiger partial charge in [0.05, 0.1) is 16.4 Å². The summed E-state index contributed by atoms with van der Waals surface area (Å²) in [5, 5.41) is 19.8. The minimum Gasteiger partial charge on any atom is -0.545 e. The van der Waals surface area contributed by atoms with Gasteiger partial charge in [-0.25, -0.2) is 4.79 Å². The number of carbonyl (C=O) groups is 2. The molecule has 0 radical (unpaired) electrons. The van der Waals surface area contributed by atoms with Crippen molar-refractivity contribution in [1.82, 2.24) is 0 Å². The van der Waals surface area contributed by atoms with E-state index in [-0.39, 0.29) is 57.1 Å². The predicted octanol–water partition coefficient (Wildman–Crippen LogP) is -2.21. The average molecular weight is 360 g/mol. The molecule has 0 unspecified atom stereocenters. The third kappa shape index (κ3) is 5.05. The van der Waals surface area contributed by atoms with E-state index in [1.807, 2.05) is 0 Å². The van der Waals surface area contributed by atoms with Gasteiger partial charge in [-0.3, -0.25) is 4.55 Å². The van der Waals surface area contributed by atoms with Gasteiger partial charge < -0.3 is 19.7 Å². The molecule has 2 aromatic rings. The Kier molecular flexibility index (Phi) is 6.52. The summed E-state index contributed by atoms with van der Waals surface area (Å²) >= 11 is 0. The molecule has 0 spiro atoms. The molecule has 0 aromatic heterocycles. The molecule has 2 N–H and O–H groups in total. The van der Waals surface area contributed by atoms with Crippen molar-refractivity contribution in [3.8, 4) is 11.5 Å². The minimum atomic E-state index is -4.35. The topological polar surface area (TPSA) is 141 Å². The molecule has 0 heterocycles. The second-order valence-electron chi connectivity index (χ2n) is 4.39. The summed E-state index contributed by atoms with van der Waals surface area (Å²) in [7, 11) is -4.35. The van der Waals surface area contributed by atoms with Crippen LogP contribution in [0.3, 0.4) is 0 Å². The fourth-order valence-corrected chi connectivity index (χ4v) is 2.20. The maximum Gasteiger partial charge on any atom is 1.00 e. The van der Waals surface area contributed by atoms with E-state index >= 15 is 0 Å². The maximum absolute atomic E-state index is 11.0. The standard InChI is InChI=1S/C14H10O8S.Na/c15-13(16)8-5-9(14(17)18)7-11(6-8)22-10-1-3-12(4-2-10)23(19,20)21;/h1-7H,(H,15,16)(H,17,18)(H,19,20,21);/q;+1/p-1. The number of carboxylic acid groups (broad SMARTS) is 2. The molecule has 2 rings (SSSR count). The van der Waals surface area contributed by atoms with Crippen LogP contribution >= 0.6 is 0 Å². The number of benzene rings is 2. The molecular formula is C14H9NaO8S. The van der Waals surface area contributed by atoms with E-state index < -0.39 is 22.1 Å². The van der Waals surface area contributed by atoms with Gasteiger partial charge in [-0.2, -0.15) is 8.42 Å². The number of aromatic carboxylic acids is 2. The van der Waals surface area contributed by atoms with Crippen LogP contribution in [0, 0.1) is 0 Å². The summed E-state index contributed by atoms with van der Waals surface area (Å²) in [6.45, 7) is 0. The van der Waals surface area contributed by atoms with E-state index in [4.69, 9.17) is 14.4 Å². The van der Waals surface area contributed by atoms with Gasteiger partial charge >= 0.3 is 35.5 Å². The molecule has 0 amide bonds. The molecule has 0 saturated heterocycles. The van der Waals surface area contributed by atoms with Crippen molar-refractivity contribution in [2.24, 2.45) is 0 Å². The summed E-state index contributed by atoms with van der Waals surface area (Å²) in [5.74, 6) is -2.88. The van der Waals surface area contributed by atoms with Crippen molar-refractivity contribution in [3.05, 3.63) is 53.6 Å². The van der Waals surface area contributed by atoms with Crippen LogP contribution in [-0.4, -0.2) is 30.0 Å². The Bertz CT molecular complexity index is 842. The summed E-state index contributed by atoms with van der Waals surface area (Å²) in [6, 6.07) is 7.68. The fraction of sp³-hybridized carbons (Fsp3) is 0. The number of carbonyl (C=O) groups excluding carboxylic acids is 1. The van der Waals surface area contributed by atoms with E-state index in [9.17, 15) is 23.1 Å². The number of ether oxygens (including phenoxy) is 1. The Labute approximate surface area is 158 Å². The average Bonchev–Trinajstić information content (AvgIpc) is 2.46. The Morgan fingerprint density at radius 1 is 0.958 bits per heavy atom. The van der Waals surface area contributed by atoms with Crippen molar-refractivity contribution >= 4 is 22.1 Å². The van der Waals surface area contributed by atoms with Gasteiger partial charge in [0.25, 0.3) is 10.1 Å². The zero-order valence-electron chi connectivity index (χ0n) is 12.3. The number of carboxylic acids is 2. The predicted molar refractivity (Wildman–Crippen MR) is 74.1 cm³/mol. The van der Waals surface area contributed by atoms with E-state index in [0.29, 0.717) is 0 Å². The van der Waals surface area contributed by atoms with Crippen molar-refractivity contribution in [1.29, 1.82) is 0 Å². The Balaban J connectivity index is 0.00000288. The summed E-state index contributed by atoms with van der Waals surface area (Å²) < 4.78 is 36.0. The van der Waals surface area contributed by atoms with Crippen molar-refractivity contribution in [2.45, 2.75) is 4.90 Å². The van der Waals surface area contributed by atoms with Gasteiger partial charge in [-0.15, -0.1) is 0 Å². The second kappa shape index (κ2) is 7.77. The number of hydrogen-bond acceptors (Lipinski definition) is 6. The fourth-order valence-electron chi connectivity index (χ4n) is 1.72. The van der Waals surface area contributed by atoms with Gasteiger partial charge in [0.15, 0.2) is 0 Å². The van der Waals surface area contributed by atoms with Gasteiger partial charge in [-0.1, -0.05) is 0 Å². The summed E-state index contributed by atoms with van der Waals surface area (Å²) in [6.07, 6.45) is 0. The molecular weight excluding hydrogens is 351 g/mol. The van der Waals surface area contributed by atoms with Crippen LogP contribution in [0.4, 0.5) is 0 Å². The Morgan fingerprint density at radius 2 is 1.50 bits per heavy atom.